The van der Waals surface area contributed by atoms with Crippen LogP contribution in [0.1, 0.15) is 18.9 Å². The summed E-state index contributed by atoms with van der Waals surface area (Å²) < 4.78 is 0.929. The van der Waals surface area contributed by atoms with Crippen molar-refractivity contribution in [3.63, 3.8) is 0 Å². The van der Waals surface area contributed by atoms with Crippen molar-refractivity contribution in [2.75, 3.05) is 18.5 Å². The largest absolute Gasteiger partial charge is 0.394 e. The molecule has 96 valence electrons. The first-order chi connectivity index (χ1) is 8.10. The normalized spacial score (nSPS) is 11.6. The van der Waals surface area contributed by atoms with Crippen molar-refractivity contribution in [2.45, 2.75) is 25.4 Å². The quantitative estimate of drug-likeness (QED) is 0.641. The van der Waals surface area contributed by atoms with Crippen LogP contribution >= 0.6 is 15.9 Å². The lowest BCUT2D eigenvalue weighted by Crippen LogP contribution is -2.45. The predicted octanol–water partition coefficient (Wildman–Crippen LogP) is 1.45. The van der Waals surface area contributed by atoms with E-state index in [1.807, 2.05) is 25.1 Å². The molecule has 1 aromatic rings. The Morgan fingerprint density at radius 3 is 2.47 bits per heavy atom. The van der Waals surface area contributed by atoms with Gasteiger partial charge in [-0.3, -0.25) is 0 Å². The molecule has 17 heavy (non-hydrogen) atoms. The number of aliphatic hydroxyl groups excluding tert-OH is 2. The molecule has 0 aliphatic heterocycles. The fraction of sp³-hybridized carbons (Fsp3) is 0.500. The maximum Gasteiger partial charge on any atom is 0.0832 e. The first kappa shape index (κ1) is 14.4. The molecular formula is C12H19BrN2O2. The summed E-state index contributed by atoms with van der Waals surface area (Å²) in [7, 11) is 0. The third-order valence-electron chi connectivity index (χ3n) is 2.97. The van der Waals surface area contributed by atoms with E-state index in [1.54, 1.807) is 0 Å². The van der Waals surface area contributed by atoms with Gasteiger partial charge in [0.2, 0.25) is 0 Å². The highest BCUT2D eigenvalue weighted by Crippen LogP contribution is 2.25. The van der Waals surface area contributed by atoms with Gasteiger partial charge in [-0.15, -0.1) is 0 Å². The molecule has 0 aliphatic carbocycles. The van der Waals surface area contributed by atoms with Crippen molar-refractivity contribution in [1.29, 1.82) is 0 Å². The number of benzene rings is 1. The van der Waals surface area contributed by atoms with Crippen LogP contribution in [0.5, 0.6) is 0 Å². The first-order valence-electron chi connectivity index (χ1n) is 5.59. The van der Waals surface area contributed by atoms with E-state index < -0.39 is 5.54 Å². The molecule has 0 spiro atoms. The molecule has 1 aromatic carbocycles. The molecule has 0 saturated carbocycles. The minimum atomic E-state index is -0.704. The summed E-state index contributed by atoms with van der Waals surface area (Å²) in [5.41, 5.74) is 6.75. The van der Waals surface area contributed by atoms with Crippen LogP contribution in [0.3, 0.4) is 0 Å². The lowest BCUT2D eigenvalue weighted by atomic mass is 9.97. The average molecular weight is 303 g/mol. The predicted molar refractivity (Wildman–Crippen MR) is 72.8 cm³/mol. The molecule has 1 rings (SSSR count). The van der Waals surface area contributed by atoms with Gasteiger partial charge in [0, 0.05) is 16.7 Å². The van der Waals surface area contributed by atoms with Crippen molar-refractivity contribution in [3.05, 3.63) is 28.2 Å². The Balaban J connectivity index is 3.03. The lowest BCUT2D eigenvalue weighted by Gasteiger charge is -2.32. The fourth-order valence-electron chi connectivity index (χ4n) is 1.57. The summed E-state index contributed by atoms with van der Waals surface area (Å²) in [6.07, 6.45) is 0.622. The number of anilines is 1. The molecule has 0 aliphatic rings. The Morgan fingerprint density at radius 2 is 2.00 bits per heavy atom. The van der Waals surface area contributed by atoms with E-state index in [9.17, 15) is 10.2 Å². The van der Waals surface area contributed by atoms with Gasteiger partial charge < -0.3 is 21.3 Å². The third kappa shape index (κ3) is 3.42. The number of hydrogen-bond acceptors (Lipinski definition) is 4. The van der Waals surface area contributed by atoms with Crippen LogP contribution in [-0.4, -0.2) is 29.0 Å². The van der Waals surface area contributed by atoms with Gasteiger partial charge in [0.25, 0.3) is 0 Å². The molecule has 5 N–H and O–H groups in total. The Labute approximate surface area is 110 Å². The van der Waals surface area contributed by atoms with E-state index in [-0.39, 0.29) is 13.2 Å². The molecule has 0 unspecified atom stereocenters. The molecule has 4 nitrogen and oxygen atoms in total. The van der Waals surface area contributed by atoms with E-state index in [1.165, 1.54) is 0 Å². The highest BCUT2D eigenvalue weighted by Gasteiger charge is 2.26. The van der Waals surface area contributed by atoms with E-state index in [0.717, 1.165) is 15.7 Å². The molecule has 0 fully saturated rings. The summed E-state index contributed by atoms with van der Waals surface area (Å²) in [6.45, 7) is 2.07. The fourth-order valence-corrected chi connectivity index (χ4v) is 1.93. The number of aliphatic hydroxyl groups is 2. The molecule has 0 bridgehead atoms. The SMILES string of the molecule is CCC(CO)(CO)Nc1cc(Br)ccc1CN. The first-order valence-corrected chi connectivity index (χ1v) is 6.38. The van der Waals surface area contributed by atoms with Crippen LogP contribution in [-0.2, 0) is 6.54 Å². The van der Waals surface area contributed by atoms with E-state index in [2.05, 4.69) is 21.2 Å². The average Bonchev–Trinajstić information content (AvgIpc) is 2.36. The molecule has 0 radical (unpaired) electrons. The van der Waals surface area contributed by atoms with Gasteiger partial charge in [-0.1, -0.05) is 28.9 Å². The van der Waals surface area contributed by atoms with E-state index in [4.69, 9.17) is 5.73 Å². The van der Waals surface area contributed by atoms with Crippen LogP contribution in [0, 0.1) is 0 Å². The topological polar surface area (TPSA) is 78.5 Å². The molecular weight excluding hydrogens is 284 g/mol. The van der Waals surface area contributed by atoms with Crippen molar-refractivity contribution in [1.82, 2.24) is 0 Å². The Bertz CT molecular complexity index is 359. The number of rotatable bonds is 6. The maximum atomic E-state index is 9.41. The number of halogens is 1. The summed E-state index contributed by atoms with van der Waals surface area (Å²) in [6, 6.07) is 5.73. The molecule has 0 heterocycles. The highest BCUT2D eigenvalue weighted by atomic mass is 79.9. The van der Waals surface area contributed by atoms with E-state index >= 15 is 0 Å². The second kappa shape index (κ2) is 6.35. The monoisotopic (exact) mass is 302 g/mol. The summed E-state index contributed by atoms with van der Waals surface area (Å²) in [4.78, 5) is 0. The Morgan fingerprint density at radius 1 is 1.35 bits per heavy atom. The molecule has 0 amide bonds. The highest BCUT2D eigenvalue weighted by molar-refractivity contribution is 9.10. The standard InChI is InChI=1S/C12H19BrN2O2/c1-2-12(7-16,8-17)15-11-5-10(13)4-3-9(11)6-14/h3-5,15-17H,2,6-8,14H2,1H3. The van der Waals surface area contributed by atoms with Crippen LogP contribution in [0.25, 0.3) is 0 Å². The van der Waals surface area contributed by atoms with Crippen molar-refractivity contribution >= 4 is 21.6 Å². The van der Waals surface area contributed by atoms with Crippen LogP contribution in [0.2, 0.25) is 0 Å². The lowest BCUT2D eigenvalue weighted by molar-refractivity contribution is 0.132. The Hall–Kier alpha value is -0.620. The maximum absolute atomic E-state index is 9.41. The van der Waals surface area contributed by atoms with Gasteiger partial charge in [0.15, 0.2) is 0 Å². The summed E-state index contributed by atoms with van der Waals surface area (Å²) >= 11 is 3.39. The molecule has 0 atom stereocenters. The van der Waals surface area contributed by atoms with Gasteiger partial charge in [-0.25, -0.2) is 0 Å². The third-order valence-corrected chi connectivity index (χ3v) is 3.47. The second-order valence-corrected chi connectivity index (χ2v) is 5.00. The van der Waals surface area contributed by atoms with Crippen molar-refractivity contribution in [3.8, 4) is 0 Å². The van der Waals surface area contributed by atoms with Gasteiger partial charge in [0.1, 0.15) is 0 Å². The van der Waals surface area contributed by atoms with E-state index in [0.29, 0.717) is 13.0 Å². The van der Waals surface area contributed by atoms with Gasteiger partial charge in [-0.2, -0.15) is 0 Å². The smallest absolute Gasteiger partial charge is 0.0832 e. The number of nitrogens with two attached hydrogens (primary N) is 1. The molecule has 5 heteroatoms. The minimum absolute atomic E-state index is 0.128. The van der Waals surface area contributed by atoms with Crippen molar-refractivity contribution in [2.24, 2.45) is 5.73 Å². The van der Waals surface area contributed by atoms with Crippen LogP contribution in [0.15, 0.2) is 22.7 Å². The van der Waals surface area contributed by atoms with Crippen LogP contribution < -0.4 is 11.1 Å². The van der Waals surface area contributed by atoms with Crippen LogP contribution in [0.4, 0.5) is 5.69 Å². The zero-order chi connectivity index (χ0) is 12.9. The van der Waals surface area contributed by atoms with Gasteiger partial charge >= 0.3 is 0 Å². The number of nitrogens with one attached hydrogen (secondary N) is 1. The van der Waals surface area contributed by atoms with Crippen molar-refractivity contribution < 1.29 is 10.2 Å². The van der Waals surface area contributed by atoms with Gasteiger partial charge in [0.05, 0.1) is 18.8 Å². The summed E-state index contributed by atoms with van der Waals surface area (Å²) in [5.74, 6) is 0. The number of hydrogen-bond donors (Lipinski definition) is 4. The zero-order valence-electron chi connectivity index (χ0n) is 9.91. The Kier molecular flexibility index (Phi) is 5.39. The minimum Gasteiger partial charge on any atom is -0.394 e. The van der Waals surface area contributed by atoms with Gasteiger partial charge in [-0.05, 0) is 24.1 Å². The summed E-state index contributed by atoms with van der Waals surface area (Å²) in [5, 5.41) is 22.0. The second-order valence-electron chi connectivity index (χ2n) is 4.08. The molecule has 0 saturated heterocycles. The zero-order valence-corrected chi connectivity index (χ0v) is 11.5. The molecule has 0 aromatic heterocycles.